The zero-order valence-corrected chi connectivity index (χ0v) is 10.5. The summed E-state index contributed by atoms with van der Waals surface area (Å²) in [5, 5.41) is 0.935. The van der Waals surface area contributed by atoms with Crippen molar-refractivity contribution in [2.75, 3.05) is 13.1 Å². The van der Waals surface area contributed by atoms with Crippen molar-refractivity contribution >= 4 is 17.2 Å². The normalized spacial score (nSPS) is 25.8. The van der Waals surface area contributed by atoms with Crippen LogP contribution in [0.15, 0.2) is 6.20 Å². The molecule has 1 saturated heterocycles. The summed E-state index contributed by atoms with van der Waals surface area (Å²) in [6.45, 7) is 5.54. The second-order valence-electron chi connectivity index (χ2n) is 4.42. The minimum Gasteiger partial charge on any atom is -0.338 e. The van der Waals surface area contributed by atoms with Gasteiger partial charge in [-0.15, -0.1) is 11.3 Å². The van der Waals surface area contributed by atoms with Crippen molar-refractivity contribution < 1.29 is 4.79 Å². The third-order valence-electron chi connectivity index (χ3n) is 3.09. The summed E-state index contributed by atoms with van der Waals surface area (Å²) >= 11 is 1.46. The summed E-state index contributed by atoms with van der Waals surface area (Å²) in [7, 11) is 0. The first-order valence-corrected chi connectivity index (χ1v) is 6.37. The van der Waals surface area contributed by atoms with E-state index in [2.05, 4.69) is 11.9 Å². The lowest BCUT2D eigenvalue weighted by molar-refractivity contribution is 0.0669. The molecule has 0 aromatic carbocycles. The van der Waals surface area contributed by atoms with Crippen LogP contribution >= 0.6 is 11.3 Å². The molecular formula is C11H17N3OS. The van der Waals surface area contributed by atoms with Crippen molar-refractivity contribution in [3.8, 4) is 0 Å². The van der Waals surface area contributed by atoms with Gasteiger partial charge < -0.3 is 10.6 Å². The maximum absolute atomic E-state index is 12.1. The minimum atomic E-state index is 0.101. The molecule has 0 spiro atoms. The first-order chi connectivity index (χ1) is 7.58. The highest BCUT2D eigenvalue weighted by atomic mass is 32.1. The summed E-state index contributed by atoms with van der Waals surface area (Å²) in [5.41, 5.74) is 5.94. The number of nitrogens with zero attached hydrogens (tertiary/aromatic N) is 2. The highest BCUT2D eigenvalue weighted by Gasteiger charge is 2.27. The Balaban J connectivity index is 2.06. The van der Waals surface area contributed by atoms with Gasteiger partial charge in [0.1, 0.15) is 4.88 Å². The van der Waals surface area contributed by atoms with Gasteiger partial charge in [0.15, 0.2) is 0 Å². The van der Waals surface area contributed by atoms with Gasteiger partial charge in [-0.25, -0.2) is 4.98 Å². The quantitative estimate of drug-likeness (QED) is 0.802. The Bertz CT molecular complexity index is 390. The molecule has 2 rings (SSSR count). The van der Waals surface area contributed by atoms with E-state index in [1.54, 1.807) is 6.20 Å². The number of hydrogen-bond donors (Lipinski definition) is 1. The zero-order valence-electron chi connectivity index (χ0n) is 9.64. The summed E-state index contributed by atoms with van der Waals surface area (Å²) in [4.78, 5) is 18.9. The van der Waals surface area contributed by atoms with E-state index in [-0.39, 0.29) is 11.9 Å². The van der Waals surface area contributed by atoms with Crippen LogP contribution in [0.25, 0.3) is 0 Å². The van der Waals surface area contributed by atoms with Gasteiger partial charge in [-0.3, -0.25) is 4.79 Å². The third kappa shape index (κ3) is 2.25. The fourth-order valence-corrected chi connectivity index (χ4v) is 2.71. The smallest absolute Gasteiger partial charge is 0.265 e. The number of rotatable bonds is 1. The van der Waals surface area contributed by atoms with Gasteiger partial charge in [-0.2, -0.15) is 0 Å². The van der Waals surface area contributed by atoms with Gasteiger partial charge in [0.2, 0.25) is 0 Å². The molecule has 88 valence electrons. The van der Waals surface area contributed by atoms with Gasteiger partial charge in [-0.1, -0.05) is 6.92 Å². The highest BCUT2D eigenvalue weighted by molar-refractivity contribution is 7.13. The van der Waals surface area contributed by atoms with Gasteiger partial charge in [0, 0.05) is 19.1 Å². The molecule has 0 bridgehead atoms. The Kier molecular flexibility index (Phi) is 3.25. The maximum atomic E-state index is 12.1. The van der Waals surface area contributed by atoms with Gasteiger partial charge in [-0.05, 0) is 19.3 Å². The van der Waals surface area contributed by atoms with Crippen molar-refractivity contribution in [3.05, 3.63) is 16.1 Å². The Hall–Kier alpha value is -0.940. The number of hydrogen-bond acceptors (Lipinski definition) is 4. The number of piperidine rings is 1. The molecule has 4 nitrogen and oxygen atoms in total. The lowest BCUT2D eigenvalue weighted by atomic mass is 9.95. The largest absolute Gasteiger partial charge is 0.338 e. The molecule has 2 N–H and O–H groups in total. The van der Waals surface area contributed by atoms with Gasteiger partial charge in [0.05, 0.1) is 11.2 Å². The summed E-state index contributed by atoms with van der Waals surface area (Å²) in [6, 6.07) is 0.229. The Morgan fingerprint density at radius 1 is 1.69 bits per heavy atom. The lowest BCUT2D eigenvalue weighted by Crippen LogP contribution is -2.48. The van der Waals surface area contributed by atoms with Crippen molar-refractivity contribution in [2.24, 2.45) is 11.7 Å². The molecule has 2 unspecified atom stereocenters. The third-order valence-corrected chi connectivity index (χ3v) is 3.99. The highest BCUT2D eigenvalue weighted by Crippen LogP contribution is 2.20. The summed E-state index contributed by atoms with van der Waals surface area (Å²) < 4.78 is 0. The lowest BCUT2D eigenvalue weighted by Gasteiger charge is -2.34. The van der Waals surface area contributed by atoms with E-state index >= 15 is 0 Å². The van der Waals surface area contributed by atoms with E-state index in [0.717, 1.165) is 29.4 Å². The van der Waals surface area contributed by atoms with E-state index in [4.69, 9.17) is 5.73 Å². The Morgan fingerprint density at radius 3 is 3.00 bits per heavy atom. The first-order valence-electron chi connectivity index (χ1n) is 5.55. The molecule has 2 atom stereocenters. The monoisotopic (exact) mass is 239 g/mol. The second-order valence-corrected chi connectivity index (χ2v) is 5.66. The van der Waals surface area contributed by atoms with Crippen LogP contribution in [0.1, 0.15) is 28.0 Å². The molecule has 1 amide bonds. The Morgan fingerprint density at radius 2 is 2.44 bits per heavy atom. The molecule has 1 aliphatic rings. The summed E-state index contributed by atoms with van der Waals surface area (Å²) in [5.74, 6) is 0.482. The number of thiazole rings is 1. The average molecular weight is 239 g/mol. The van der Waals surface area contributed by atoms with Crippen LogP contribution in [0.5, 0.6) is 0 Å². The number of aryl methyl sites for hydroxylation is 1. The maximum Gasteiger partial charge on any atom is 0.265 e. The minimum absolute atomic E-state index is 0.101. The zero-order chi connectivity index (χ0) is 11.7. The SMILES string of the molecule is Cc1ncc(C(=O)N2CCC(N)C(C)C2)s1. The molecule has 5 heteroatoms. The number of carbonyl (C=O) groups is 1. The van der Waals surface area contributed by atoms with Crippen LogP contribution in [0.3, 0.4) is 0 Å². The van der Waals surface area contributed by atoms with Crippen LogP contribution in [0.4, 0.5) is 0 Å². The number of nitrogens with two attached hydrogens (primary N) is 1. The van der Waals surface area contributed by atoms with E-state index in [1.807, 2.05) is 11.8 Å². The van der Waals surface area contributed by atoms with Crippen LogP contribution in [0.2, 0.25) is 0 Å². The number of carbonyl (C=O) groups excluding carboxylic acids is 1. The molecule has 0 radical (unpaired) electrons. The predicted octanol–water partition coefficient (Wildman–Crippen LogP) is 1.26. The first kappa shape index (κ1) is 11.5. The molecule has 2 heterocycles. The molecular weight excluding hydrogens is 222 g/mol. The van der Waals surface area contributed by atoms with E-state index in [0.29, 0.717) is 5.92 Å². The molecule has 0 saturated carbocycles. The number of amides is 1. The van der Waals surface area contributed by atoms with Crippen LogP contribution in [-0.2, 0) is 0 Å². The fraction of sp³-hybridized carbons (Fsp3) is 0.636. The van der Waals surface area contributed by atoms with Crippen LogP contribution < -0.4 is 5.73 Å². The van der Waals surface area contributed by atoms with Crippen molar-refractivity contribution in [1.82, 2.24) is 9.88 Å². The van der Waals surface area contributed by atoms with E-state index < -0.39 is 0 Å². The Labute approximate surface area is 99.5 Å². The fourth-order valence-electron chi connectivity index (χ4n) is 1.96. The van der Waals surface area contributed by atoms with Crippen molar-refractivity contribution in [1.29, 1.82) is 0 Å². The van der Waals surface area contributed by atoms with Crippen molar-refractivity contribution in [2.45, 2.75) is 26.3 Å². The van der Waals surface area contributed by atoms with Crippen LogP contribution in [-0.4, -0.2) is 34.9 Å². The van der Waals surface area contributed by atoms with E-state index in [9.17, 15) is 4.79 Å². The average Bonchev–Trinajstić information content (AvgIpc) is 2.68. The van der Waals surface area contributed by atoms with Crippen molar-refractivity contribution in [3.63, 3.8) is 0 Å². The van der Waals surface area contributed by atoms with Gasteiger partial charge in [0.25, 0.3) is 5.91 Å². The van der Waals surface area contributed by atoms with E-state index in [1.165, 1.54) is 11.3 Å². The molecule has 1 aromatic heterocycles. The molecule has 0 aliphatic carbocycles. The number of aromatic nitrogens is 1. The topological polar surface area (TPSA) is 59.2 Å². The standard InChI is InChI=1S/C11H17N3OS/c1-7-6-14(4-3-9(7)12)11(15)10-5-13-8(2)16-10/h5,7,9H,3-4,6,12H2,1-2H3. The molecule has 1 fully saturated rings. The molecule has 1 aromatic rings. The second kappa shape index (κ2) is 4.51. The molecule has 1 aliphatic heterocycles. The summed E-state index contributed by atoms with van der Waals surface area (Å²) in [6.07, 6.45) is 2.56. The molecule has 16 heavy (non-hydrogen) atoms. The van der Waals surface area contributed by atoms with Gasteiger partial charge >= 0.3 is 0 Å². The van der Waals surface area contributed by atoms with Crippen LogP contribution in [0, 0.1) is 12.8 Å². The number of likely N-dealkylation sites (tertiary alicyclic amines) is 1. The predicted molar refractivity (Wildman–Crippen MR) is 64.5 cm³/mol.